The molecule has 0 bridgehead atoms. The average molecular weight is 316 g/mol. The van der Waals surface area contributed by atoms with Crippen molar-refractivity contribution < 1.29 is 13.5 Å². The summed E-state index contributed by atoms with van der Waals surface area (Å²) in [6, 6.07) is 15.6. The van der Waals surface area contributed by atoms with E-state index in [2.05, 4.69) is 10.2 Å². The Kier molecular flexibility index (Phi) is 4.70. The fourth-order valence-corrected chi connectivity index (χ4v) is 2.39. The molecule has 0 spiro atoms. The summed E-state index contributed by atoms with van der Waals surface area (Å²) in [6.45, 7) is 0.428. The van der Waals surface area contributed by atoms with E-state index in [9.17, 15) is 4.39 Å². The number of halogens is 1. The zero-order chi connectivity index (χ0) is 15.2. The molecule has 112 valence electrons. The van der Waals surface area contributed by atoms with Crippen LogP contribution >= 0.6 is 11.8 Å². The lowest BCUT2D eigenvalue weighted by Gasteiger charge is -2.04. The van der Waals surface area contributed by atoms with Crippen LogP contribution in [0.25, 0.3) is 11.5 Å². The Morgan fingerprint density at radius 3 is 2.73 bits per heavy atom. The minimum atomic E-state index is -0.311. The minimum Gasteiger partial charge on any atom is -0.493 e. The molecule has 6 heteroatoms. The van der Waals surface area contributed by atoms with Crippen LogP contribution in [0.15, 0.2) is 64.2 Å². The van der Waals surface area contributed by atoms with Gasteiger partial charge >= 0.3 is 0 Å². The van der Waals surface area contributed by atoms with Crippen LogP contribution in [0.5, 0.6) is 5.75 Å². The molecular formula is C16H13FN2O2S. The molecule has 0 saturated heterocycles. The number of ether oxygens (including phenoxy) is 1. The molecule has 1 aromatic heterocycles. The lowest BCUT2D eigenvalue weighted by molar-refractivity contribution is 0.341. The fraction of sp³-hybridized carbons (Fsp3) is 0.125. The van der Waals surface area contributed by atoms with Gasteiger partial charge in [0, 0.05) is 17.4 Å². The number of aromatic nitrogens is 2. The highest BCUT2D eigenvalue weighted by atomic mass is 32.2. The number of hydrogen-bond donors (Lipinski definition) is 0. The van der Waals surface area contributed by atoms with Crippen LogP contribution in [0.4, 0.5) is 4.39 Å². The van der Waals surface area contributed by atoms with E-state index < -0.39 is 0 Å². The van der Waals surface area contributed by atoms with Crippen molar-refractivity contribution in [1.29, 1.82) is 0 Å². The third-order valence-corrected chi connectivity index (χ3v) is 3.58. The summed E-state index contributed by atoms with van der Waals surface area (Å²) in [5.74, 6) is 1.33. The Morgan fingerprint density at radius 2 is 1.91 bits per heavy atom. The van der Waals surface area contributed by atoms with Gasteiger partial charge in [-0.15, -0.1) is 10.2 Å². The van der Waals surface area contributed by atoms with Crippen molar-refractivity contribution in [3.05, 3.63) is 60.4 Å². The first-order valence-corrected chi connectivity index (χ1v) is 7.70. The molecule has 0 radical (unpaired) electrons. The van der Waals surface area contributed by atoms with E-state index in [0.717, 1.165) is 5.56 Å². The molecule has 3 aromatic rings. The normalized spacial score (nSPS) is 10.6. The van der Waals surface area contributed by atoms with Crippen molar-refractivity contribution in [3.63, 3.8) is 0 Å². The second kappa shape index (κ2) is 7.09. The molecule has 0 aliphatic carbocycles. The number of benzene rings is 2. The Bertz CT molecular complexity index is 734. The van der Waals surface area contributed by atoms with E-state index in [0.29, 0.717) is 29.2 Å². The van der Waals surface area contributed by atoms with Crippen LogP contribution in [0, 0.1) is 5.82 Å². The topological polar surface area (TPSA) is 48.2 Å². The lowest BCUT2D eigenvalue weighted by atomic mass is 10.2. The molecule has 0 unspecified atom stereocenters. The van der Waals surface area contributed by atoms with Crippen LogP contribution < -0.4 is 4.74 Å². The molecule has 0 aliphatic rings. The molecule has 0 fully saturated rings. The Balaban J connectivity index is 1.49. The highest BCUT2D eigenvalue weighted by Gasteiger charge is 2.08. The van der Waals surface area contributed by atoms with Gasteiger partial charge in [0.1, 0.15) is 11.6 Å². The van der Waals surface area contributed by atoms with Crippen LogP contribution in [-0.2, 0) is 0 Å². The highest BCUT2D eigenvalue weighted by molar-refractivity contribution is 7.99. The molecule has 2 aromatic carbocycles. The van der Waals surface area contributed by atoms with Gasteiger partial charge in [0.15, 0.2) is 0 Å². The maximum atomic E-state index is 13.0. The van der Waals surface area contributed by atoms with Crippen molar-refractivity contribution in [1.82, 2.24) is 10.2 Å². The van der Waals surface area contributed by atoms with Crippen LogP contribution in [0.2, 0.25) is 0 Å². The first-order valence-electron chi connectivity index (χ1n) is 6.71. The molecule has 0 atom stereocenters. The summed E-state index contributed by atoms with van der Waals surface area (Å²) in [7, 11) is 0. The summed E-state index contributed by atoms with van der Waals surface area (Å²) in [5, 5.41) is 8.48. The van der Waals surface area contributed by atoms with E-state index in [4.69, 9.17) is 9.15 Å². The largest absolute Gasteiger partial charge is 0.493 e. The smallest absolute Gasteiger partial charge is 0.276 e. The van der Waals surface area contributed by atoms with Crippen molar-refractivity contribution in [2.24, 2.45) is 0 Å². The molecule has 0 N–H and O–H groups in total. The first-order chi connectivity index (χ1) is 10.8. The van der Waals surface area contributed by atoms with Gasteiger partial charge < -0.3 is 9.15 Å². The van der Waals surface area contributed by atoms with Gasteiger partial charge in [0.2, 0.25) is 5.89 Å². The van der Waals surface area contributed by atoms with Gasteiger partial charge in [-0.3, -0.25) is 0 Å². The standard InChI is InChI=1S/C16H13FN2O2S/c17-13-7-4-8-14(11-13)20-9-10-22-16-19-18-15(21-16)12-5-2-1-3-6-12/h1-8,11H,9-10H2. The summed E-state index contributed by atoms with van der Waals surface area (Å²) in [5.41, 5.74) is 0.887. The Morgan fingerprint density at radius 1 is 1.05 bits per heavy atom. The minimum absolute atomic E-state index is 0.311. The molecule has 1 heterocycles. The van der Waals surface area contributed by atoms with E-state index in [1.54, 1.807) is 12.1 Å². The molecule has 3 rings (SSSR count). The highest BCUT2D eigenvalue weighted by Crippen LogP contribution is 2.23. The molecular weight excluding hydrogens is 303 g/mol. The molecule has 0 aliphatic heterocycles. The predicted octanol–water partition coefficient (Wildman–Crippen LogP) is 4.05. The van der Waals surface area contributed by atoms with E-state index in [1.807, 2.05) is 30.3 Å². The fourth-order valence-electron chi connectivity index (χ4n) is 1.81. The third kappa shape index (κ3) is 3.85. The molecule has 0 saturated carbocycles. The molecule has 4 nitrogen and oxygen atoms in total. The van der Waals surface area contributed by atoms with Crippen molar-refractivity contribution >= 4 is 11.8 Å². The number of hydrogen-bond acceptors (Lipinski definition) is 5. The first kappa shape index (κ1) is 14.6. The van der Waals surface area contributed by atoms with E-state index >= 15 is 0 Å². The zero-order valence-electron chi connectivity index (χ0n) is 11.6. The Labute approximate surface area is 131 Å². The van der Waals surface area contributed by atoms with Crippen LogP contribution in [0.3, 0.4) is 0 Å². The van der Waals surface area contributed by atoms with Gasteiger partial charge in [-0.2, -0.15) is 0 Å². The number of nitrogens with zero attached hydrogens (tertiary/aromatic N) is 2. The molecule has 22 heavy (non-hydrogen) atoms. The maximum Gasteiger partial charge on any atom is 0.276 e. The lowest BCUT2D eigenvalue weighted by Crippen LogP contribution is -2.00. The van der Waals surface area contributed by atoms with Crippen molar-refractivity contribution in [2.45, 2.75) is 5.22 Å². The van der Waals surface area contributed by atoms with Crippen LogP contribution in [0.1, 0.15) is 0 Å². The van der Waals surface area contributed by atoms with Crippen molar-refractivity contribution in [2.75, 3.05) is 12.4 Å². The summed E-state index contributed by atoms with van der Waals surface area (Å²) in [4.78, 5) is 0. The van der Waals surface area contributed by atoms with Gasteiger partial charge in [-0.25, -0.2) is 4.39 Å². The zero-order valence-corrected chi connectivity index (χ0v) is 12.4. The van der Waals surface area contributed by atoms with E-state index in [1.165, 1.54) is 23.9 Å². The second-order valence-electron chi connectivity index (χ2n) is 4.39. The summed E-state index contributed by atoms with van der Waals surface area (Å²) >= 11 is 1.40. The average Bonchev–Trinajstić information content (AvgIpc) is 3.01. The predicted molar refractivity (Wildman–Crippen MR) is 82.4 cm³/mol. The number of rotatable bonds is 6. The summed E-state index contributed by atoms with van der Waals surface area (Å²) < 4.78 is 24.0. The summed E-state index contributed by atoms with van der Waals surface area (Å²) in [6.07, 6.45) is 0. The second-order valence-corrected chi connectivity index (χ2v) is 5.44. The van der Waals surface area contributed by atoms with Crippen molar-refractivity contribution in [3.8, 4) is 17.2 Å². The quantitative estimate of drug-likeness (QED) is 0.507. The van der Waals surface area contributed by atoms with Gasteiger partial charge in [-0.05, 0) is 24.3 Å². The van der Waals surface area contributed by atoms with Crippen LogP contribution in [-0.4, -0.2) is 22.6 Å². The molecule has 0 amide bonds. The van der Waals surface area contributed by atoms with Gasteiger partial charge in [-0.1, -0.05) is 36.0 Å². The number of thioether (sulfide) groups is 1. The Hall–Kier alpha value is -2.34. The van der Waals surface area contributed by atoms with Gasteiger partial charge in [0.25, 0.3) is 5.22 Å². The third-order valence-electron chi connectivity index (χ3n) is 2.80. The maximum absolute atomic E-state index is 13.0. The van der Waals surface area contributed by atoms with Gasteiger partial charge in [0.05, 0.1) is 6.61 Å². The SMILES string of the molecule is Fc1cccc(OCCSc2nnc(-c3ccccc3)o2)c1. The monoisotopic (exact) mass is 316 g/mol. The van der Waals surface area contributed by atoms with E-state index in [-0.39, 0.29) is 5.82 Å².